The summed E-state index contributed by atoms with van der Waals surface area (Å²) in [6.45, 7) is 1.42. The van der Waals surface area contributed by atoms with Crippen molar-refractivity contribution in [1.82, 2.24) is 4.98 Å². The van der Waals surface area contributed by atoms with Gasteiger partial charge in [-0.3, -0.25) is 4.79 Å². The van der Waals surface area contributed by atoms with Crippen LogP contribution >= 0.6 is 11.3 Å². The van der Waals surface area contributed by atoms with Crippen molar-refractivity contribution >= 4 is 50.0 Å². The van der Waals surface area contributed by atoms with E-state index in [-0.39, 0.29) is 11.7 Å². The third-order valence-corrected chi connectivity index (χ3v) is 3.96. The van der Waals surface area contributed by atoms with Gasteiger partial charge in [-0.15, -0.1) is 0 Å². The topological polar surface area (TPSA) is 83.1 Å². The van der Waals surface area contributed by atoms with Gasteiger partial charge in [0.05, 0.1) is 10.2 Å². The summed E-state index contributed by atoms with van der Waals surface area (Å²) in [5.41, 5.74) is 1.80. The van der Waals surface area contributed by atoms with Gasteiger partial charge in [-0.25, -0.2) is 14.2 Å². The number of fused-ring (bicyclic) bond motifs is 1. The Kier molecular flexibility index (Phi) is 4.39. The smallest absolute Gasteiger partial charge is 0.308 e. The van der Waals surface area contributed by atoms with Gasteiger partial charge >= 0.3 is 6.03 Å². The Morgan fingerprint density at radius 3 is 2.38 bits per heavy atom. The number of benzene rings is 2. The van der Waals surface area contributed by atoms with Gasteiger partial charge in [-0.2, -0.15) is 0 Å². The molecule has 24 heavy (non-hydrogen) atoms. The van der Waals surface area contributed by atoms with Gasteiger partial charge in [0.2, 0.25) is 5.91 Å². The zero-order valence-electron chi connectivity index (χ0n) is 12.6. The number of anilines is 3. The minimum absolute atomic E-state index is 0.189. The molecule has 0 saturated heterocycles. The standard InChI is InChI=1S/C16H13FN4O2S/c1-9(22)18-16-21-13-7-6-12(8-14(13)24-16)20-15(23)19-11-4-2-10(17)3-5-11/h2-8H,1H3,(H,18,21,22)(H2,19,20,23). The number of carbonyl (C=O) groups is 2. The van der Waals surface area contributed by atoms with Crippen LogP contribution in [0.5, 0.6) is 0 Å². The molecule has 1 aromatic heterocycles. The molecule has 0 saturated carbocycles. The number of halogens is 1. The SMILES string of the molecule is CC(=O)Nc1nc2ccc(NC(=O)Nc3ccc(F)cc3)cc2s1. The van der Waals surface area contributed by atoms with E-state index < -0.39 is 6.03 Å². The highest BCUT2D eigenvalue weighted by Crippen LogP contribution is 2.28. The van der Waals surface area contributed by atoms with Crippen molar-refractivity contribution in [3.63, 3.8) is 0 Å². The summed E-state index contributed by atoms with van der Waals surface area (Å²) >= 11 is 1.32. The average molecular weight is 344 g/mol. The van der Waals surface area contributed by atoms with Crippen molar-refractivity contribution in [1.29, 1.82) is 0 Å². The first-order valence-corrected chi connectivity index (χ1v) is 7.83. The molecular formula is C16H13FN4O2S. The molecule has 0 radical (unpaired) electrons. The molecule has 3 aromatic rings. The normalized spacial score (nSPS) is 10.4. The van der Waals surface area contributed by atoms with E-state index in [0.717, 1.165) is 10.2 Å². The summed E-state index contributed by atoms with van der Waals surface area (Å²) in [6.07, 6.45) is 0. The molecule has 122 valence electrons. The lowest BCUT2D eigenvalue weighted by Gasteiger charge is -2.07. The number of carbonyl (C=O) groups excluding carboxylic acids is 2. The Hall–Kier alpha value is -3.00. The van der Waals surface area contributed by atoms with E-state index in [0.29, 0.717) is 16.5 Å². The maximum atomic E-state index is 12.8. The lowest BCUT2D eigenvalue weighted by Crippen LogP contribution is -2.19. The Morgan fingerprint density at radius 2 is 1.67 bits per heavy atom. The van der Waals surface area contributed by atoms with Crippen molar-refractivity contribution in [2.75, 3.05) is 16.0 Å². The van der Waals surface area contributed by atoms with Crippen LogP contribution in [0.3, 0.4) is 0 Å². The van der Waals surface area contributed by atoms with Crippen LogP contribution in [0, 0.1) is 5.82 Å². The van der Waals surface area contributed by atoms with Crippen LogP contribution in [0.4, 0.5) is 25.7 Å². The van der Waals surface area contributed by atoms with Gasteiger partial charge in [0.15, 0.2) is 5.13 Å². The fraction of sp³-hybridized carbons (Fsp3) is 0.0625. The number of hydrogen-bond acceptors (Lipinski definition) is 4. The molecule has 0 aliphatic heterocycles. The summed E-state index contributed by atoms with van der Waals surface area (Å²) in [6, 6.07) is 10.3. The molecule has 3 amide bonds. The number of urea groups is 1. The molecule has 2 aromatic carbocycles. The van der Waals surface area contributed by atoms with Crippen molar-refractivity contribution < 1.29 is 14.0 Å². The molecule has 1 heterocycles. The second kappa shape index (κ2) is 6.63. The lowest BCUT2D eigenvalue weighted by atomic mass is 10.3. The van der Waals surface area contributed by atoms with Gasteiger partial charge in [0.25, 0.3) is 0 Å². The molecule has 0 aliphatic carbocycles. The molecule has 6 nitrogen and oxygen atoms in total. The molecule has 0 aliphatic rings. The summed E-state index contributed by atoms with van der Waals surface area (Å²) in [5.74, 6) is -0.558. The van der Waals surface area contributed by atoms with Crippen LogP contribution in [-0.4, -0.2) is 16.9 Å². The lowest BCUT2D eigenvalue weighted by molar-refractivity contribution is -0.114. The van der Waals surface area contributed by atoms with Crippen LogP contribution in [-0.2, 0) is 4.79 Å². The number of nitrogens with zero attached hydrogens (tertiary/aromatic N) is 1. The fourth-order valence-electron chi connectivity index (χ4n) is 2.03. The fourth-order valence-corrected chi connectivity index (χ4v) is 2.98. The quantitative estimate of drug-likeness (QED) is 0.670. The van der Waals surface area contributed by atoms with Crippen LogP contribution in [0.2, 0.25) is 0 Å². The van der Waals surface area contributed by atoms with Gasteiger partial charge in [-0.05, 0) is 42.5 Å². The second-order valence-electron chi connectivity index (χ2n) is 4.97. The summed E-state index contributed by atoms with van der Waals surface area (Å²) in [5, 5.41) is 8.44. The van der Waals surface area contributed by atoms with Crippen molar-refractivity contribution in [3.8, 4) is 0 Å². The zero-order chi connectivity index (χ0) is 17.1. The molecule has 0 atom stereocenters. The third kappa shape index (κ3) is 3.85. The Bertz CT molecular complexity index is 908. The van der Waals surface area contributed by atoms with Crippen molar-refractivity contribution in [3.05, 3.63) is 48.3 Å². The number of amides is 3. The first kappa shape index (κ1) is 15.9. The average Bonchev–Trinajstić information content (AvgIpc) is 2.90. The van der Waals surface area contributed by atoms with E-state index in [2.05, 4.69) is 20.9 Å². The number of rotatable bonds is 3. The van der Waals surface area contributed by atoms with Crippen LogP contribution in [0.1, 0.15) is 6.92 Å². The number of aromatic nitrogens is 1. The maximum absolute atomic E-state index is 12.8. The monoisotopic (exact) mass is 344 g/mol. The summed E-state index contributed by atoms with van der Waals surface area (Å²) < 4.78 is 13.7. The summed E-state index contributed by atoms with van der Waals surface area (Å²) in [7, 11) is 0. The molecule has 0 unspecified atom stereocenters. The Labute approximate surface area is 140 Å². The van der Waals surface area contributed by atoms with Crippen molar-refractivity contribution in [2.45, 2.75) is 6.92 Å². The van der Waals surface area contributed by atoms with Crippen LogP contribution in [0.25, 0.3) is 10.2 Å². The van der Waals surface area contributed by atoms with E-state index in [1.807, 2.05) is 0 Å². The predicted octanol–water partition coefficient (Wildman–Crippen LogP) is 4.04. The molecule has 0 spiro atoms. The van der Waals surface area contributed by atoms with E-state index in [1.54, 1.807) is 18.2 Å². The first-order valence-electron chi connectivity index (χ1n) is 7.01. The molecule has 3 N–H and O–H groups in total. The van der Waals surface area contributed by atoms with Gasteiger partial charge < -0.3 is 16.0 Å². The molecule has 0 bridgehead atoms. The van der Waals surface area contributed by atoms with Gasteiger partial charge in [0, 0.05) is 18.3 Å². The van der Waals surface area contributed by atoms with E-state index in [4.69, 9.17) is 0 Å². The maximum Gasteiger partial charge on any atom is 0.323 e. The second-order valence-corrected chi connectivity index (χ2v) is 6.00. The minimum Gasteiger partial charge on any atom is -0.308 e. The third-order valence-electron chi connectivity index (χ3n) is 3.03. The largest absolute Gasteiger partial charge is 0.323 e. The van der Waals surface area contributed by atoms with E-state index in [9.17, 15) is 14.0 Å². The van der Waals surface area contributed by atoms with Crippen molar-refractivity contribution in [2.24, 2.45) is 0 Å². The zero-order valence-corrected chi connectivity index (χ0v) is 13.4. The van der Waals surface area contributed by atoms with Gasteiger partial charge in [-0.1, -0.05) is 11.3 Å². The Balaban J connectivity index is 1.71. The highest BCUT2D eigenvalue weighted by molar-refractivity contribution is 7.22. The molecule has 0 fully saturated rings. The minimum atomic E-state index is -0.437. The van der Waals surface area contributed by atoms with E-state index in [1.165, 1.54) is 42.5 Å². The van der Waals surface area contributed by atoms with Crippen LogP contribution in [0.15, 0.2) is 42.5 Å². The molecule has 8 heteroatoms. The summed E-state index contributed by atoms with van der Waals surface area (Å²) in [4.78, 5) is 27.3. The Morgan fingerprint density at radius 1 is 1.00 bits per heavy atom. The van der Waals surface area contributed by atoms with E-state index >= 15 is 0 Å². The van der Waals surface area contributed by atoms with Gasteiger partial charge in [0.1, 0.15) is 5.82 Å². The number of nitrogens with one attached hydrogen (secondary N) is 3. The number of thiazole rings is 1. The first-order chi connectivity index (χ1) is 11.5. The predicted molar refractivity (Wildman–Crippen MR) is 93.0 cm³/mol. The molecular weight excluding hydrogens is 331 g/mol. The molecule has 3 rings (SSSR count). The highest BCUT2D eigenvalue weighted by atomic mass is 32.1. The number of hydrogen-bond donors (Lipinski definition) is 3. The highest BCUT2D eigenvalue weighted by Gasteiger charge is 2.08. The van der Waals surface area contributed by atoms with Crippen LogP contribution < -0.4 is 16.0 Å².